The van der Waals surface area contributed by atoms with E-state index in [0.29, 0.717) is 17.3 Å². The monoisotopic (exact) mass is 383 g/mol. The zero-order chi connectivity index (χ0) is 19.8. The minimum absolute atomic E-state index is 0.0107. The third-order valence-corrected chi connectivity index (χ3v) is 5.78. The predicted octanol–water partition coefficient (Wildman–Crippen LogP) is 2.72. The number of aromatic nitrogens is 2. The summed E-state index contributed by atoms with van der Waals surface area (Å²) in [5, 5.41) is 0. The topological polar surface area (TPSA) is 65.7 Å². The van der Waals surface area contributed by atoms with Gasteiger partial charge in [-0.05, 0) is 45.9 Å². The molecule has 2 fully saturated rings. The van der Waals surface area contributed by atoms with Crippen LogP contribution in [0.2, 0.25) is 0 Å². The Balaban J connectivity index is 1.60. The second-order valence-electron chi connectivity index (χ2n) is 7.99. The number of carbonyl (C=O) groups is 1. The van der Waals surface area contributed by atoms with Crippen molar-refractivity contribution < 1.29 is 9.21 Å². The fourth-order valence-electron chi connectivity index (χ4n) is 4.27. The van der Waals surface area contributed by atoms with E-state index >= 15 is 0 Å². The van der Waals surface area contributed by atoms with Crippen LogP contribution in [-0.2, 0) is 0 Å². The van der Waals surface area contributed by atoms with Crippen LogP contribution in [0, 0.1) is 20.8 Å². The van der Waals surface area contributed by atoms with Crippen molar-refractivity contribution in [3.63, 3.8) is 0 Å². The third-order valence-electron chi connectivity index (χ3n) is 5.78. The predicted molar refractivity (Wildman–Crippen MR) is 108 cm³/mol. The van der Waals surface area contributed by atoms with Gasteiger partial charge >= 0.3 is 0 Å². The van der Waals surface area contributed by atoms with Gasteiger partial charge in [0.15, 0.2) is 5.89 Å². The Hall–Kier alpha value is -2.41. The first-order chi connectivity index (χ1) is 13.4. The van der Waals surface area contributed by atoms with E-state index in [2.05, 4.69) is 34.0 Å². The molecule has 2 aromatic rings. The summed E-state index contributed by atoms with van der Waals surface area (Å²) in [7, 11) is 2.16. The smallest absolute Gasteiger partial charge is 0.292 e. The number of anilines is 1. The van der Waals surface area contributed by atoms with E-state index in [-0.39, 0.29) is 11.9 Å². The van der Waals surface area contributed by atoms with Crippen molar-refractivity contribution >= 4 is 11.6 Å². The van der Waals surface area contributed by atoms with Crippen molar-refractivity contribution in [2.75, 3.05) is 44.7 Å². The van der Waals surface area contributed by atoms with Gasteiger partial charge in [0.05, 0.1) is 17.4 Å². The summed E-state index contributed by atoms with van der Waals surface area (Å²) < 4.78 is 5.59. The van der Waals surface area contributed by atoms with Gasteiger partial charge in [0.1, 0.15) is 0 Å². The molecule has 0 radical (unpaired) electrons. The van der Waals surface area contributed by atoms with E-state index in [1.165, 1.54) is 5.69 Å². The lowest BCUT2D eigenvalue weighted by molar-refractivity contribution is 0.0698. The molecular weight excluding hydrogens is 354 g/mol. The summed E-state index contributed by atoms with van der Waals surface area (Å²) >= 11 is 0. The van der Waals surface area contributed by atoms with Crippen LogP contribution in [0.15, 0.2) is 16.5 Å². The zero-order valence-corrected chi connectivity index (χ0v) is 17.2. The number of hydrogen-bond donors (Lipinski definition) is 0. The summed E-state index contributed by atoms with van der Waals surface area (Å²) in [5.74, 6) is 0.809. The minimum atomic E-state index is -0.0787. The molecule has 28 heavy (non-hydrogen) atoms. The molecule has 7 nitrogen and oxygen atoms in total. The maximum absolute atomic E-state index is 13.1. The molecule has 0 N–H and O–H groups in total. The molecule has 0 saturated carbocycles. The number of likely N-dealkylation sites (tertiary alicyclic amines) is 1. The van der Waals surface area contributed by atoms with Crippen molar-refractivity contribution in [3.8, 4) is 0 Å². The number of nitrogens with zero attached hydrogens (tertiary/aromatic N) is 5. The normalized spacial score (nSPS) is 20.8. The average molecular weight is 383 g/mol. The van der Waals surface area contributed by atoms with Gasteiger partial charge in [-0.25, -0.2) is 4.98 Å². The summed E-state index contributed by atoms with van der Waals surface area (Å²) in [6.45, 7) is 10.5. The lowest BCUT2D eigenvalue weighted by Gasteiger charge is -2.34. The van der Waals surface area contributed by atoms with E-state index in [9.17, 15) is 4.79 Å². The number of hydrogen-bond acceptors (Lipinski definition) is 6. The molecule has 2 aliphatic rings. The number of piperazine rings is 1. The molecule has 2 aromatic heterocycles. The van der Waals surface area contributed by atoms with Gasteiger partial charge in [-0.15, -0.1) is 0 Å². The molecule has 0 aromatic carbocycles. The fourth-order valence-corrected chi connectivity index (χ4v) is 4.27. The van der Waals surface area contributed by atoms with Gasteiger partial charge in [0, 0.05) is 51.0 Å². The van der Waals surface area contributed by atoms with Gasteiger partial charge in [-0.3, -0.25) is 9.78 Å². The first kappa shape index (κ1) is 18.9. The highest BCUT2D eigenvalue weighted by molar-refractivity contribution is 5.93. The molecule has 7 heteroatoms. The first-order valence-electron chi connectivity index (χ1n) is 10.1. The lowest BCUT2D eigenvalue weighted by atomic mass is 10.1. The number of rotatable bonds is 3. The Labute approximate surface area is 166 Å². The van der Waals surface area contributed by atoms with Crippen molar-refractivity contribution in [2.24, 2.45) is 0 Å². The number of likely N-dealkylation sites (N-methyl/N-ethyl adjacent to an activating group) is 1. The Morgan fingerprint density at radius 2 is 1.82 bits per heavy atom. The maximum atomic E-state index is 13.1. The summed E-state index contributed by atoms with van der Waals surface area (Å²) in [6.07, 6.45) is 1.90. The lowest BCUT2D eigenvalue weighted by Crippen LogP contribution is -2.44. The first-order valence-corrected chi connectivity index (χ1v) is 10.1. The van der Waals surface area contributed by atoms with Gasteiger partial charge in [0.25, 0.3) is 5.91 Å². The van der Waals surface area contributed by atoms with Crippen molar-refractivity contribution in [1.29, 1.82) is 0 Å². The van der Waals surface area contributed by atoms with Crippen LogP contribution in [0.4, 0.5) is 5.69 Å². The van der Waals surface area contributed by atoms with Gasteiger partial charge in [0.2, 0.25) is 5.76 Å². The number of carbonyl (C=O) groups excluding carboxylic acids is 1. The standard InChI is InChI=1S/C21H29N5O2/c1-14-12-17(25-10-8-24(4)9-11-25)13-18(22-14)19-6-5-7-26(19)21(27)20-15(2)23-16(3)28-20/h12-13,19H,5-11H2,1-4H3/t19-/m1/s1. The molecule has 0 unspecified atom stereocenters. The van der Waals surface area contributed by atoms with E-state index in [0.717, 1.165) is 57.0 Å². The maximum Gasteiger partial charge on any atom is 0.292 e. The van der Waals surface area contributed by atoms with E-state index in [1.54, 1.807) is 6.92 Å². The molecule has 150 valence electrons. The van der Waals surface area contributed by atoms with Crippen LogP contribution < -0.4 is 4.90 Å². The minimum Gasteiger partial charge on any atom is -0.436 e. The average Bonchev–Trinajstić information content (AvgIpc) is 3.27. The quantitative estimate of drug-likeness (QED) is 0.812. The van der Waals surface area contributed by atoms with Crippen LogP contribution in [0.3, 0.4) is 0 Å². The Morgan fingerprint density at radius 3 is 2.50 bits per heavy atom. The Kier molecular flexibility index (Phi) is 5.10. The zero-order valence-electron chi connectivity index (χ0n) is 17.2. The van der Waals surface area contributed by atoms with Crippen LogP contribution in [-0.4, -0.2) is 65.4 Å². The van der Waals surface area contributed by atoms with Crippen molar-refractivity contribution in [1.82, 2.24) is 19.8 Å². The van der Waals surface area contributed by atoms with Crippen LogP contribution in [0.25, 0.3) is 0 Å². The number of aryl methyl sites for hydroxylation is 3. The highest BCUT2D eigenvalue weighted by atomic mass is 16.4. The molecule has 0 spiro atoms. The van der Waals surface area contributed by atoms with Gasteiger partial charge in [-0.2, -0.15) is 0 Å². The Morgan fingerprint density at radius 1 is 1.07 bits per heavy atom. The van der Waals surface area contributed by atoms with Crippen LogP contribution in [0.5, 0.6) is 0 Å². The molecule has 2 saturated heterocycles. The number of pyridine rings is 1. The number of amides is 1. The van der Waals surface area contributed by atoms with E-state index in [4.69, 9.17) is 9.40 Å². The molecule has 2 aliphatic heterocycles. The largest absolute Gasteiger partial charge is 0.436 e. The second kappa shape index (κ2) is 7.54. The van der Waals surface area contributed by atoms with E-state index < -0.39 is 0 Å². The van der Waals surface area contributed by atoms with Crippen molar-refractivity contribution in [2.45, 2.75) is 39.7 Å². The number of oxazole rings is 1. The molecule has 4 heterocycles. The highest BCUT2D eigenvalue weighted by Gasteiger charge is 2.34. The SMILES string of the molecule is Cc1cc(N2CCN(C)CC2)cc([C@H]2CCCN2C(=O)c2oc(C)nc2C)n1. The second-order valence-corrected chi connectivity index (χ2v) is 7.99. The molecule has 0 bridgehead atoms. The molecule has 1 amide bonds. The van der Waals surface area contributed by atoms with Crippen molar-refractivity contribution in [3.05, 3.63) is 40.9 Å². The van der Waals surface area contributed by atoms with Gasteiger partial charge in [-0.1, -0.05) is 0 Å². The molecule has 4 rings (SSSR count). The van der Waals surface area contributed by atoms with E-state index in [1.807, 2.05) is 18.7 Å². The Bertz CT molecular complexity index is 870. The third kappa shape index (κ3) is 3.63. The fraction of sp³-hybridized carbons (Fsp3) is 0.571. The molecular formula is C21H29N5O2. The van der Waals surface area contributed by atoms with Crippen LogP contribution >= 0.6 is 0 Å². The van der Waals surface area contributed by atoms with Gasteiger partial charge < -0.3 is 19.1 Å². The van der Waals surface area contributed by atoms with Crippen LogP contribution in [0.1, 0.15) is 52.4 Å². The molecule has 0 aliphatic carbocycles. The summed E-state index contributed by atoms with van der Waals surface area (Å²) in [6, 6.07) is 4.32. The highest BCUT2D eigenvalue weighted by Crippen LogP contribution is 2.34. The molecule has 1 atom stereocenters. The summed E-state index contributed by atoms with van der Waals surface area (Å²) in [4.78, 5) is 28.9. The summed E-state index contributed by atoms with van der Waals surface area (Å²) in [5.41, 5.74) is 3.84.